The van der Waals surface area contributed by atoms with E-state index >= 15 is 0 Å². The number of nitrogens with zero attached hydrogens (tertiary/aromatic N) is 1. The number of benzene rings is 1. The highest BCUT2D eigenvalue weighted by Gasteiger charge is 2.50. The zero-order chi connectivity index (χ0) is 22.0. The number of halogens is 1. The Bertz CT molecular complexity index is 891. The monoisotopic (exact) mass is 454 g/mol. The number of H-pyrrole nitrogens is 1. The van der Waals surface area contributed by atoms with Crippen LogP contribution in [0.4, 0.5) is 0 Å². The summed E-state index contributed by atoms with van der Waals surface area (Å²) in [4.78, 5) is 20.4. The molecule has 6 heteroatoms. The van der Waals surface area contributed by atoms with Crippen LogP contribution in [0.1, 0.15) is 66.7 Å². The maximum atomic E-state index is 13.0. The summed E-state index contributed by atoms with van der Waals surface area (Å²) in [6.45, 7) is 2.67. The molecule has 172 valence electrons. The van der Waals surface area contributed by atoms with E-state index in [-0.39, 0.29) is 5.91 Å². The first-order valence-electron chi connectivity index (χ1n) is 12.3. The van der Waals surface area contributed by atoms with Crippen LogP contribution in [0.25, 0.3) is 0 Å². The van der Waals surface area contributed by atoms with E-state index in [1.165, 1.54) is 44.1 Å². The number of hydrogen-bond acceptors (Lipinski definition) is 3. The Kier molecular flexibility index (Phi) is 6.56. The van der Waals surface area contributed by atoms with Crippen molar-refractivity contribution in [3.63, 3.8) is 0 Å². The fourth-order valence-corrected chi connectivity index (χ4v) is 7.16. The molecule has 4 saturated carbocycles. The van der Waals surface area contributed by atoms with Crippen molar-refractivity contribution < 1.29 is 4.79 Å². The zero-order valence-electron chi connectivity index (χ0n) is 18.8. The van der Waals surface area contributed by atoms with Crippen molar-refractivity contribution in [2.75, 3.05) is 19.6 Å². The van der Waals surface area contributed by atoms with Gasteiger partial charge in [0.2, 0.25) is 0 Å². The number of rotatable bonds is 10. The summed E-state index contributed by atoms with van der Waals surface area (Å²) in [6, 6.07) is 5.90. The topological polar surface area (TPSA) is 69.8 Å². The molecule has 1 aromatic heterocycles. The van der Waals surface area contributed by atoms with E-state index in [1.807, 2.05) is 24.4 Å². The molecular weight excluding hydrogens is 420 g/mol. The van der Waals surface area contributed by atoms with Gasteiger partial charge in [0.05, 0.1) is 10.6 Å². The lowest BCUT2D eigenvalue weighted by atomic mass is 9.49. The Labute approximate surface area is 196 Å². The molecule has 6 rings (SSSR count). The molecule has 32 heavy (non-hydrogen) atoms. The molecule has 4 aliphatic carbocycles. The van der Waals surface area contributed by atoms with E-state index in [9.17, 15) is 4.79 Å². The van der Waals surface area contributed by atoms with Gasteiger partial charge in [-0.15, -0.1) is 0 Å². The smallest absolute Gasteiger partial charge is 0.252 e. The summed E-state index contributed by atoms with van der Waals surface area (Å²) in [5, 5.41) is 7.29. The fraction of sp³-hybridized carbons (Fsp3) is 0.615. The highest BCUT2D eigenvalue weighted by molar-refractivity contribution is 6.33. The third-order valence-electron chi connectivity index (χ3n) is 7.98. The lowest BCUT2D eigenvalue weighted by molar-refractivity contribution is -0.0503. The summed E-state index contributed by atoms with van der Waals surface area (Å²) in [5.41, 5.74) is 2.14. The van der Waals surface area contributed by atoms with Gasteiger partial charge in [0.1, 0.15) is 5.82 Å². The molecule has 1 heterocycles. The Morgan fingerprint density at radius 3 is 2.53 bits per heavy atom. The van der Waals surface area contributed by atoms with Crippen molar-refractivity contribution in [3.8, 4) is 0 Å². The van der Waals surface area contributed by atoms with Crippen molar-refractivity contribution in [3.05, 3.63) is 52.6 Å². The lowest BCUT2D eigenvalue weighted by Crippen LogP contribution is -2.51. The molecule has 3 N–H and O–H groups in total. The molecule has 0 radical (unpaired) electrons. The van der Waals surface area contributed by atoms with E-state index in [0.717, 1.165) is 62.5 Å². The van der Waals surface area contributed by atoms with Gasteiger partial charge in [0.25, 0.3) is 5.91 Å². The van der Waals surface area contributed by atoms with Crippen LogP contribution in [0.5, 0.6) is 0 Å². The molecule has 0 aliphatic heterocycles. The van der Waals surface area contributed by atoms with Crippen molar-refractivity contribution in [1.29, 1.82) is 0 Å². The molecule has 4 aliphatic rings. The van der Waals surface area contributed by atoms with Gasteiger partial charge in [0, 0.05) is 31.9 Å². The average molecular weight is 455 g/mol. The number of carbonyl (C=O) groups is 1. The van der Waals surface area contributed by atoms with E-state index in [4.69, 9.17) is 11.6 Å². The highest BCUT2D eigenvalue weighted by atomic mass is 35.5. The Morgan fingerprint density at radius 1 is 1.09 bits per heavy atom. The van der Waals surface area contributed by atoms with E-state index < -0.39 is 0 Å². The summed E-state index contributed by atoms with van der Waals surface area (Å²) in [5.74, 6) is 3.71. The molecule has 5 nitrogen and oxygen atoms in total. The maximum Gasteiger partial charge on any atom is 0.252 e. The number of aromatic amines is 1. The first kappa shape index (κ1) is 22.0. The number of amides is 1. The second-order valence-electron chi connectivity index (χ2n) is 10.6. The third kappa shape index (κ3) is 5.04. The first-order chi connectivity index (χ1) is 15.6. The van der Waals surface area contributed by atoms with Gasteiger partial charge in [-0.2, -0.15) is 0 Å². The Morgan fingerprint density at radius 2 is 1.84 bits per heavy atom. The minimum atomic E-state index is -0.0100. The minimum absolute atomic E-state index is 0.0100. The van der Waals surface area contributed by atoms with Gasteiger partial charge < -0.3 is 15.6 Å². The van der Waals surface area contributed by atoms with Crippen LogP contribution in [0, 0.1) is 23.2 Å². The van der Waals surface area contributed by atoms with Gasteiger partial charge in [-0.1, -0.05) is 17.7 Å². The number of nitrogens with one attached hydrogen (secondary N) is 3. The molecule has 0 atom stereocenters. The molecule has 4 bridgehead atoms. The number of aryl methyl sites for hydroxylation is 1. The Hall–Kier alpha value is -1.85. The van der Waals surface area contributed by atoms with Crippen molar-refractivity contribution in [2.45, 2.75) is 57.8 Å². The van der Waals surface area contributed by atoms with Crippen LogP contribution in [0.15, 0.2) is 30.6 Å². The molecule has 1 aromatic carbocycles. The van der Waals surface area contributed by atoms with Crippen molar-refractivity contribution in [2.24, 2.45) is 23.2 Å². The van der Waals surface area contributed by atoms with Gasteiger partial charge in [-0.3, -0.25) is 4.79 Å². The second kappa shape index (κ2) is 9.56. The Balaban J connectivity index is 1.10. The first-order valence-corrected chi connectivity index (χ1v) is 12.7. The maximum absolute atomic E-state index is 13.0. The third-order valence-corrected chi connectivity index (χ3v) is 8.31. The quantitative estimate of drug-likeness (QED) is 0.453. The van der Waals surface area contributed by atoms with E-state index in [2.05, 4.69) is 20.6 Å². The normalized spacial score (nSPS) is 28.2. The van der Waals surface area contributed by atoms with Crippen LogP contribution in [-0.4, -0.2) is 35.5 Å². The summed E-state index contributed by atoms with van der Waals surface area (Å²) in [6.07, 6.45) is 14.7. The van der Waals surface area contributed by atoms with Gasteiger partial charge in [-0.25, -0.2) is 4.98 Å². The van der Waals surface area contributed by atoms with Gasteiger partial charge in [0.15, 0.2) is 0 Å². The predicted molar refractivity (Wildman–Crippen MR) is 128 cm³/mol. The number of hydrogen-bond donors (Lipinski definition) is 3. The molecule has 2 aromatic rings. The minimum Gasteiger partial charge on any atom is -0.351 e. The lowest BCUT2D eigenvalue weighted by Gasteiger charge is -2.56. The highest BCUT2D eigenvalue weighted by Crippen LogP contribution is 2.59. The molecule has 1 amide bonds. The predicted octanol–water partition coefficient (Wildman–Crippen LogP) is 4.77. The van der Waals surface area contributed by atoms with Crippen LogP contribution < -0.4 is 10.6 Å². The van der Waals surface area contributed by atoms with Crippen molar-refractivity contribution in [1.82, 2.24) is 20.6 Å². The molecule has 0 saturated heterocycles. The largest absolute Gasteiger partial charge is 0.351 e. The van der Waals surface area contributed by atoms with Crippen molar-refractivity contribution >= 4 is 17.5 Å². The summed E-state index contributed by atoms with van der Waals surface area (Å²) in [7, 11) is 0. The molecule has 4 fully saturated rings. The average Bonchev–Trinajstić information content (AvgIpc) is 3.28. The standard InChI is InChI=1S/C26H35ClN4O/c27-23-4-3-18(2-1-6-28-7-5-24-29-8-9-30-24)13-22(23)25(32)31-17-26-14-19-10-20(15-26)12-21(11-19)16-26/h3-4,8-9,13,19-21,28H,1-2,5-7,10-12,14-17H2,(H,29,30)(H,31,32). The molecule has 0 spiro atoms. The van der Waals surface area contributed by atoms with E-state index in [0.29, 0.717) is 16.0 Å². The zero-order valence-corrected chi connectivity index (χ0v) is 19.6. The van der Waals surface area contributed by atoms with E-state index in [1.54, 1.807) is 6.20 Å². The number of carbonyl (C=O) groups excluding carboxylic acids is 1. The molecule has 0 unspecified atom stereocenters. The van der Waals surface area contributed by atoms with Gasteiger partial charge >= 0.3 is 0 Å². The number of aromatic nitrogens is 2. The second-order valence-corrected chi connectivity index (χ2v) is 11.0. The summed E-state index contributed by atoms with van der Waals surface area (Å²) >= 11 is 6.42. The van der Waals surface area contributed by atoms with Crippen LogP contribution in [0.2, 0.25) is 5.02 Å². The SMILES string of the molecule is O=C(NCC12CC3CC(CC(C3)C1)C2)c1cc(CCCNCCc2ncc[nH]2)ccc1Cl. The van der Waals surface area contributed by atoms with Crippen LogP contribution in [0.3, 0.4) is 0 Å². The number of imidazole rings is 1. The van der Waals surface area contributed by atoms with Crippen LogP contribution in [-0.2, 0) is 12.8 Å². The van der Waals surface area contributed by atoms with Crippen LogP contribution >= 0.6 is 11.6 Å². The molecular formula is C26H35ClN4O. The van der Waals surface area contributed by atoms with Gasteiger partial charge in [-0.05, 0) is 98.8 Å². The summed E-state index contributed by atoms with van der Waals surface area (Å²) < 4.78 is 0. The fourth-order valence-electron chi connectivity index (χ4n) is 6.96.